The summed E-state index contributed by atoms with van der Waals surface area (Å²) in [5, 5.41) is 3.06. The van der Waals surface area contributed by atoms with Crippen LogP contribution in [0.5, 0.6) is 0 Å². The largest absolute Gasteiger partial charge is 0.433 e. The molecule has 1 fully saturated rings. The summed E-state index contributed by atoms with van der Waals surface area (Å²) in [6.07, 6.45) is 0.217. The number of rotatable bonds is 4. The number of alkyl halides is 3. The van der Waals surface area contributed by atoms with Crippen molar-refractivity contribution in [1.82, 2.24) is 9.88 Å². The van der Waals surface area contributed by atoms with E-state index < -0.39 is 11.9 Å². The Labute approximate surface area is 122 Å². The van der Waals surface area contributed by atoms with Gasteiger partial charge in [0.05, 0.1) is 17.6 Å². The van der Waals surface area contributed by atoms with E-state index in [2.05, 4.69) is 15.2 Å². The van der Waals surface area contributed by atoms with Crippen LogP contribution in [0.2, 0.25) is 0 Å². The van der Waals surface area contributed by atoms with Crippen molar-refractivity contribution in [1.29, 1.82) is 0 Å². The van der Waals surface area contributed by atoms with E-state index in [1.807, 2.05) is 6.92 Å². The zero-order chi connectivity index (χ0) is 15.5. The maximum Gasteiger partial charge on any atom is 0.433 e. The summed E-state index contributed by atoms with van der Waals surface area (Å²) in [5.74, 6) is 0. The zero-order valence-corrected chi connectivity index (χ0v) is 12.1. The molecule has 1 atom stereocenters. The summed E-state index contributed by atoms with van der Waals surface area (Å²) in [6, 6.07) is 0.996. The van der Waals surface area contributed by atoms with E-state index in [-0.39, 0.29) is 11.7 Å². The highest BCUT2D eigenvalue weighted by Gasteiger charge is 2.33. The topological polar surface area (TPSA) is 54.2 Å². The molecule has 1 saturated heterocycles. The van der Waals surface area contributed by atoms with E-state index in [0.717, 1.165) is 31.9 Å². The van der Waals surface area contributed by atoms with Gasteiger partial charge in [0.2, 0.25) is 0 Å². The fourth-order valence-electron chi connectivity index (χ4n) is 2.59. The number of hydrogen-bond donors (Lipinski definition) is 2. The van der Waals surface area contributed by atoms with Crippen molar-refractivity contribution in [3.8, 4) is 0 Å². The first-order valence-electron chi connectivity index (χ1n) is 7.18. The predicted octanol–water partition coefficient (Wildman–Crippen LogP) is 2.97. The van der Waals surface area contributed by atoms with Crippen LogP contribution >= 0.6 is 0 Å². The first kappa shape index (κ1) is 15.9. The predicted molar refractivity (Wildman–Crippen MR) is 77.0 cm³/mol. The third-order valence-electron chi connectivity index (χ3n) is 3.61. The number of likely N-dealkylation sites (tertiary alicyclic amines) is 1. The third kappa shape index (κ3) is 4.49. The molecule has 1 unspecified atom stereocenters. The van der Waals surface area contributed by atoms with Crippen LogP contribution in [0, 0.1) is 0 Å². The van der Waals surface area contributed by atoms with Crippen molar-refractivity contribution in [3.63, 3.8) is 0 Å². The lowest BCUT2D eigenvalue weighted by Crippen LogP contribution is -2.38. The van der Waals surface area contributed by atoms with E-state index in [0.29, 0.717) is 5.69 Å². The molecule has 1 aliphatic heterocycles. The van der Waals surface area contributed by atoms with Gasteiger partial charge in [0.15, 0.2) is 0 Å². The highest BCUT2D eigenvalue weighted by Crippen LogP contribution is 2.31. The molecular weight excluding hydrogens is 281 g/mol. The lowest BCUT2D eigenvalue weighted by atomic mass is 10.1. The maximum absolute atomic E-state index is 12.7. The van der Waals surface area contributed by atoms with Crippen LogP contribution in [0.15, 0.2) is 12.3 Å². The molecule has 3 N–H and O–H groups in total. The number of halogens is 3. The average molecular weight is 302 g/mol. The molecule has 7 heteroatoms. The first-order chi connectivity index (χ1) is 9.86. The molecule has 0 amide bonds. The summed E-state index contributed by atoms with van der Waals surface area (Å²) >= 11 is 0. The van der Waals surface area contributed by atoms with Crippen molar-refractivity contribution >= 4 is 11.4 Å². The first-order valence-corrected chi connectivity index (χ1v) is 7.18. The van der Waals surface area contributed by atoms with Gasteiger partial charge in [-0.25, -0.2) is 4.98 Å². The van der Waals surface area contributed by atoms with Crippen molar-refractivity contribution in [2.45, 2.75) is 38.4 Å². The number of nitrogens with two attached hydrogens (primary N) is 1. The van der Waals surface area contributed by atoms with Gasteiger partial charge in [-0.1, -0.05) is 6.42 Å². The number of nitrogens with zero attached hydrogens (tertiary/aromatic N) is 2. The van der Waals surface area contributed by atoms with Gasteiger partial charge >= 0.3 is 6.18 Å². The van der Waals surface area contributed by atoms with Crippen LogP contribution in [0.4, 0.5) is 24.5 Å². The van der Waals surface area contributed by atoms with Crippen molar-refractivity contribution < 1.29 is 13.2 Å². The fraction of sp³-hybridized carbons (Fsp3) is 0.643. The minimum Gasteiger partial charge on any atom is -0.396 e. The monoisotopic (exact) mass is 302 g/mol. The molecule has 0 bridgehead atoms. The van der Waals surface area contributed by atoms with Gasteiger partial charge in [-0.15, -0.1) is 0 Å². The van der Waals surface area contributed by atoms with E-state index in [1.165, 1.54) is 19.3 Å². The van der Waals surface area contributed by atoms with Crippen LogP contribution < -0.4 is 11.1 Å². The van der Waals surface area contributed by atoms with E-state index in [9.17, 15) is 13.2 Å². The van der Waals surface area contributed by atoms with Crippen molar-refractivity contribution in [3.05, 3.63) is 18.0 Å². The highest BCUT2D eigenvalue weighted by molar-refractivity contribution is 5.65. The molecule has 4 nitrogen and oxygen atoms in total. The Morgan fingerprint density at radius 2 is 2.00 bits per heavy atom. The number of piperidine rings is 1. The van der Waals surface area contributed by atoms with Crippen LogP contribution in [-0.2, 0) is 6.18 Å². The van der Waals surface area contributed by atoms with Gasteiger partial charge in [0, 0.05) is 12.6 Å². The van der Waals surface area contributed by atoms with Crippen LogP contribution in [0.1, 0.15) is 31.9 Å². The Morgan fingerprint density at radius 1 is 1.33 bits per heavy atom. The maximum atomic E-state index is 12.7. The number of anilines is 2. The van der Waals surface area contributed by atoms with Crippen LogP contribution in [-0.4, -0.2) is 35.6 Å². The molecule has 2 rings (SSSR count). The summed E-state index contributed by atoms with van der Waals surface area (Å²) in [5.41, 5.74) is 5.31. The second-order valence-corrected chi connectivity index (χ2v) is 5.56. The standard InChI is InChI=1S/C14H21F3N4/c1-10(9-21-5-3-2-4-6-21)20-12-7-13(14(15,16)17)19-8-11(12)18/h7-8,10H,2-6,9,18H2,1H3,(H,19,20). The molecular formula is C14H21F3N4. The summed E-state index contributed by atoms with van der Waals surface area (Å²) in [4.78, 5) is 5.66. The van der Waals surface area contributed by atoms with Crippen molar-refractivity contribution in [2.75, 3.05) is 30.7 Å². The minimum atomic E-state index is -4.46. The Hall–Kier alpha value is -1.50. The van der Waals surface area contributed by atoms with E-state index >= 15 is 0 Å². The molecule has 1 aliphatic rings. The number of pyridine rings is 1. The van der Waals surface area contributed by atoms with Crippen LogP contribution in [0.25, 0.3) is 0 Å². The number of aromatic nitrogens is 1. The second-order valence-electron chi connectivity index (χ2n) is 5.56. The molecule has 0 aromatic carbocycles. The van der Waals surface area contributed by atoms with E-state index in [4.69, 9.17) is 5.73 Å². The Morgan fingerprint density at radius 3 is 2.62 bits per heavy atom. The van der Waals surface area contributed by atoms with Gasteiger partial charge in [-0.3, -0.25) is 0 Å². The Bertz CT molecular complexity index is 470. The van der Waals surface area contributed by atoms with Gasteiger partial charge in [0.1, 0.15) is 5.69 Å². The second kappa shape index (κ2) is 6.51. The lowest BCUT2D eigenvalue weighted by molar-refractivity contribution is -0.141. The molecule has 0 spiro atoms. The number of hydrogen-bond acceptors (Lipinski definition) is 4. The van der Waals surface area contributed by atoms with Crippen molar-refractivity contribution in [2.24, 2.45) is 0 Å². The zero-order valence-electron chi connectivity index (χ0n) is 12.1. The number of nitrogens with one attached hydrogen (secondary N) is 1. The smallest absolute Gasteiger partial charge is 0.396 e. The molecule has 2 heterocycles. The third-order valence-corrected chi connectivity index (χ3v) is 3.61. The summed E-state index contributed by atoms with van der Waals surface area (Å²) in [6.45, 7) is 4.84. The fourth-order valence-corrected chi connectivity index (χ4v) is 2.59. The minimum absolute atomic E-state index is 0.0221. The normalized spacial score (nSPS) is 18.5. The Kier molecular flexibility index (Phi) is 4.92. The van der Waals surface area contributed by atoms with Gasteiger partial charge in [-0.2, -0.15) is 13.2 Å². The average Bonchev–Trinajstić information content (AvgIpc) is 2.41. The van der Waals surface area contributed by atoms with Gasteiger partial charge < -0.3 is 16.0 Å². The summed E-state index contributed by atoms with van der Waals surface area (Å²) in [7, 11) is 0. The molecule has 0 saturated carbocycles. The molecule has 21 heavy (non-hydrogen) atoms. The molecule has 118 valence electrons. The molecule has 0 aliphatic carbocycles. The van der Waals surface area contributed by atoms with Crippen LogP contribution in [0.3, 0.4) is 0 Å². The summed E-state index contributed by atoms with van der Waals surface area (Å²) < 4.78 is 38.0. The number of nitrogen functional groups attached to an aromatic ring is 1. The Balaban J connectivity index is 2.00. The quantitative estimate of drug-likeness (QED) is 0.898. The van der Waals surface area contributed by atoms with E-state index in [1.54, 1.807) is 0 Å². The molecule has 1 aromatic rings. The lowest BCUT2D eigenvalue weighted by Gasteiger charge is -2.30. The SMILES string of the molecule is CC(CN1CCCCC1)Nc1cc(C(F)(F)F)ncc1N. The van der Waals surface area contributed by atoms with Gasteiger partial charge in [-0.05, 0) is 38.9 Å². The molecule has 1 aromatic heterocycles. The molecule has 0 radical (unpaired) electrons. The highest BCUT2D eigenvalue weighted by atomic mass is 19.4. The van der Waals surface area contributed by atoms with Gasteiger partial charge in [0.25, 0.3) is 0 Å².